The SMILES string of the molecule is CC(C)(Br)C(=O)/C=C\c1ccccc1. The smallest absolute Gasteiger partial charge is 0.171 e. The van der Waals surface area contributed by atoms with Crippen LogP contribution < -0.4 is 0 Å². The standard InChI is InChI=1S/C12H13BrO/c1-12(2,13)11(14)9-8-10-6-4-3-5-7-10/h3-9H,1-2H3/b9-8-. The van der Waals surface area contributed by atoms with E-state index in [-0.39, 0.29) is 5.78 Å². The molecule has 0 heterocycles. The normalized spacial score (nSPS) is 11.9. The highest BCUT2D eigenvalue weighted by Crippen LogP contribution is 2.18. The summed E-state index contributed by atoms with van der Waals surface area (Å²) in [6.45, 7) is 3.68. The molecule has 1 aromatic rings. The van der Waals surface area contributed by atoms with Crippen LogP contribution in [0.3, 0.4) is 0 Å². The fraction of sp³-hybridized carbons (Fsp3) is 0.250. The summed E-state index contributed by atoms with van der Waals surface area (Å²) in [6, 6.07) is 9.77. The summed E-state index contributed by atoms with van der Waals surface area (Å²) in [5.41, 5.74) is 1.04. The predicted octanol–water partition coefficient (Wildman–Crippen LogP) is 3.44. The van der Waals surface area contributed by atoms with Gasteiger partial charge in [-0.25, -0.2) is 0 Å². The maximum Gasteiger partial charge on any atom is 0.171 e. The van der Waals surface area contributed by atoms with Gasteiger partial charge in [0.1, 0.15) is 0 Å². The molecule has 0 N–H and O–H groups in total. The fourth-order valence-corrected chi connectivity index (χ4v) is 1.07. The number of rotatable bonds is 3. The second-order valence-electron chi connectivity index (χ2n) is 3.58. The largest absolute Gasteiger partial charge is 0.293 e. The van der Waals surface area contributed by atoms with Crippen LogP contribution in [0, 0.1) is 0 Å². The van der Waals surface area contributed by atoms with Crippen LogP contribution in [0.25, 0.3) is 6.08 Å². The summed E-state index contributed by atoms with van der Waals surface area (Å²) in [5, 5.41) is 0. The van der Waals surface area contributed by atoms with E-state index >= 15 is 0 Å². The van der Waals surface area contributed by atoms with E-state index < -0.39 is 4.32 Å². The highest BCUT2D eigenvalue weighted by molar-refractivity contribution is 9.10. The first-order valence-electron chi connectivity index (χ1n) is 4.46. The predicted molar refractivity (Wildman–Crippen MR) is 63.5 cm³/mol. The molecule has 0 radical (unpaired) electrons. The lowest BCUT2D eigenvalue weighted by molar-refractivity contribution is -0.115. The molecule has 0 aromatic heterocycles. The third kappa shape index (κ3) is 3.46. The van der Waals surface area contributed by atoms with E-state index in [1.165, 1.54) is 0 Å². The second-order valence-corrected chi connectivity index (χ2v) is 5.56. The highest BCUT2D eigenvalue weighted by Gasteiger charge is 2.20. The van der Waals surface area contributed by atoms with Crippen LogP contribution in [0.1, 0.15) is 19.4 Å². The molecule has 1 aromatic carbocycles. The van der Waals surface area contributed by atoms with Gasteiger partial charge in [-0.3, -0.25) is 4.79 Å². The summed E-state index contributed by atoms with van der Waals surface area (Å²) < 4.78 is -0.474. The average Bonchev–Trinajstić information content (AvgIpc) is 2.14. The Kier molecular flexibility index (Phi) is 3.64. The van der Waals surface area contributed by atoms with Gasteiger partial charge >= 0.3 is 0 Å². The van der Waals surface area contributed by atoms with Crippen molar-refractivity contribution in [1.82, 2.24) is 0 Å². The van der Waals surface area contributed by atoms with Gasteiger partial charge in [0.15, 0.2) is 5.78 Å². The number of benzene rings is 1. The van der Waals surface area contributed by atoms with Crippen molar-refractivity contribution in [2.24, 2.45) is 0 Å². The molecule has 0 spiro atoms. The van der Waals surface area contributed by atoms with E-state index in [0.717, 1.165) is 5.56 Å². The molecule has 2 heteroatoms. The molecule has 1 nitrogen and oxygen atoms in total. The molecule has 0 aliphatic heterocycles. The first kappa shape index (κ1) is 11.2. The Hall–Kier alpha value is -0.890. The number of halogens is 1. The van der Waals surface area contributed by atoms with Crippen molar-refractivity contribution in [3.63, 3.8) is 0 Å². The molecular weight excluding hydrogens is 240 g/mol. The summed E-state index contributed by atoms with van der Waals surface area (Å²) in [6.07, 6.45) is 3.43. The minimum atomic E-state index is -0.474. The van der Waals surface area contributed by atoms with Gasteiger partial charge in [0.05, 0.1) is 4.32 Å². The van der Waals surface area contributed by atoms with Crippen molar-refractivity contribution in [3.05, 3.63) is 42.0 Å². The van der Waals surface area contributed by atoms with Crippen molar-refractivity contribution in [2.45, 2.75) is 18.2 Å². The Morgan fingerprint density at radius 1 is 1.29 bits per heavy atom. The van der Waals surface area contributed by atoms with Gasteiger partial charge < -0.3 is 0 Å². The van der Waals surface area contributed by atoms with E-state index in [9.17, 15) is 4.79 Å². The van der Waals surface area contributed by atoms with Gasteiger partial charge in [-0.05, 0) is 25.5 Å². The number of carbonyl (C=O) groups is 1. The molecule has 0 fully saturated rings. The van der Waals surface area contributed by atoms with E-state index in [0.29, 0.717) is 0 Å². The summed E-state index contributed by atoms with van der Waals surface area (Å²) >= 11 is 3.32. The quantitative estimate of drug-likeness (QED) is 0.595. The number of hydrogen-bond donors (Lipinski definition) is 0. The van der Waals surface area contributed by atoms with Crippen LogP contribution in [-0.2, 0) is 4.79 Å². The molecule has 0 unspecified atom stereocenters. The number of ketones is 1. The monoisotopic (exact) mass is 252 g/mol. The van der Waals surface area contributed by atoms with E-state index in [2.05, 4.69) is 15.9 Å². The first-order chi connectivity index (χ1) is 6.50. The number of carbonyl (C=O) groups excluding carboxylic acids is 1. The Balaban J connectivity index is 2.71. The number of hydrogen-bond acceptors (Lipinski definition) is 1. The van der Waals surface area contributed by atoms with Gasteiger partial charge in [0, 0.05) is 0 Å². The van der Waals surface area contributed by atoms with E-state index in [1.54, 1.807) is 6.08 Å². The maximum absolute atomic E-state index is 11.5. The molecule has 0 aliphatic rings. The summed E-state index contributed by atoms with van der Waals surface area (Å²) in [5.74, 6) is 0.0707. The molecule has 1 rings (SSSR count). The van der Waals surface area contributed by atoms with Crippen molar-refractivity contribution < 1.29 is 4.79 Å². The maximum atomic E-state index is 11.5. The lowest BCUT2D eigenvalue weighted by atomic mass is 10.1. The van der Waals surface area contributed by atoms with Crippen LogP contribution in [-0.4, -0.2) is 10.1 Å². The van der Waals surface area contributed by atoms with E-state index in [1.807, 2.05) is 50.3 Å². The molecule has 0 amide bonds. The molecule has 0 aliphatic carbocycles. The van der Waals surface area contributed by atoms with Crippen LogP contribution in [0.15, 0.2) is 36.4 Å². The van der Waals surface area contributed by atoms with Crippen LogP contribution >= 0.6 is 15.9 Å². The highest BCUT2D eigenvalue weighted by atomic mass is 79.9. The molecule has 0 saturated heterocycles. The zero-order chi connectivity index (χ0) is 10.6. The van der Waals surface area contributed by atoms with Gasteiger partial charge in [-0.1, -0.05) is 52.3 Å². The molecule has 0 bridgehead atoms. The van der Waals surface area contributed by atoms with Gasteiger partial charge in [0.2, 0.25) is 0 Å². The zero-order valence-electron chi connectivity index (χ0n) is 8.33. The Morgan fingerprint density at radius 3 is 2.36 bits per heavy atom. The van der Waals surface area contributed by atoms with Crippen molar-refractivity contribution in [1.29, 1.82) is 0 Å². The molecule has 74 valence electrons. The molecule has 0 saturated carbocycles. The summed E-state index contributed by atoms with van der Waals surface area (Å²) in [7, 11) is 0. The van der Waals surface area contributed by atoms with Gasteiger partial charge in [-0.2, -0.15) is 0 Å². The fourth-order valence-electron chi connectivity index (χ4n) is 0.934. The van der Waals surface area contributed by atoms with E-state index in [4.69, 9.17) is 0 Å². The zero-order valence-corrected chi connectivity index (χ0v) is 9.91. The molecular formula is C12H13BrO. The lowest BCUT2D eigenvalue weighted by Crippen LogP contribution is -2.21. The van der Waals surface area contributed by atoms with Crippen LogP contribution in [0.4, 0.5) is 0 Å². The minimum Gasteiger partial charge on any atom is -0.293 e. The third-order valence-corrected chi connectivity index (χ3v) is 2.20. The number of alkyl halides is 1. The first-order valence-corrected chi connectivity index (χ1v) is 5.26. The van der Waals surface area contributed by atoms with Crippen molar-refractivity contribution in [2.75, 3.05) is 0 Å². The average molecular weight is 253 g/mol. The van der Waals surface area contributed by atoms with Crippen LogP contribution in [0.5, 0.6) is 0 Å². The second kappa shape index (κ2) is 4.56. The molecule has 14 heavy (non-hydrogen) atoms. The summed E-state index contributed by atoms with van der Waals surface area (Å²) in [4.78, 5) is 11.5. The lowest BCUT2D eigenvalue weighted by Gasteiger charge is -2.10. The Morgan fingerprint density at radius 2 is 1.86 bits per heavy atom. The Bertz CT molecular complexity index is 333. The molecule has 0 atom stereocenters. The van der Waals surface area contributed by atoms with Crippen molar-refractivity contribution >= 4 is 27.8 Å². The topological polar surface area (TPSA) is 17.1 Å². The van der Waals surface area contributed by atoms with Crippen molar-refractivity contribution in [3.8, 4) is 0 Å². The third-order valence-electron chi connectivity index (χ3n) is 1.81. The Labute approximate surface area is 93.0 Å². The van der Waals surface area contributed by atoms with Crippen LogP contribution in [0.2, 0.25) is 0 Å². The van der Waals surface area contributed by atoms with Gasteiger partial charge in [0.25, 0.3) is 0 Å². The van der Waals surface area contributed by atoms with Gasteiger partial charge in [-0.15, -0.1) is 0 Å². The number of allylic oxidation sites excluding steroid dienone is 1. The minimum absolute atomic E-state index is 0.0707.